The second-order valence-corrected chi connectivity index (χ2v) is 14.1. The van der Waals surface area contributed by atoms with Gasteiger partial charge in [-0.2, -0.15) is 0 Å². The van der Waals surface area contributed by atoms with Crippen LogP contribution in [0.5, 0.6) is 0 Å². The molecule has 0 aliphatic heterocycles. The van der Waals surface area contributed by atoms with Gasteiger partial charge in [0.15, 0.2) is 0 Å². The van der Waals surface area contributed by atoms with E-state index in [9.17, 15) is 4.79 Å². The third-order valence-corrected chi connectivity index (χ3v) is 12.3. The minimum Gasteiger partial charge on any atom is -0.433 e. The Morgan fingerprint density at radius 2 is 1.64 bits per heavy atom. The summed E-state index contributed by atoms with van der Waals surface area (Å²) in [5.74, 6) is 4.19. The molecule has 0 bridgehead atoms. The zero-order valence-electron chi connectivity index (χ0n) is 27.2. The second kappa shape index (κ2) is 14.6. The number of carbonyl (C=O) groups is 1. The van der Waals surface area contributed by atoms with Crippen molar-refractivity contribution in [2.24, 2.45) is 52.3 Å². The van der Waals surface area contributed by atoms with Gasteiger partial charge in [-0.15, -0.1) is 0 Å². The fraction of sp³-hybridized carbons (Fsp3) is 0.939. The zero-order chi connectivity index (χ0) is 30.5. The fourth-order valence-electron chi connectivity index (χ4n) is 10.5. The van der Waals surface area contributed by atoms with Crippen LogP contribution in [0.25, 0.3) is 0 Å². The maximum Gasteiger partial charge on any atom is 0.533 e. The van der Waals surface area contributed by atoms with Crippen molar-refractivity contribution < 1.29 is 33.3 Å². The first-order chi connectivity index (χ1) is 20.1. The van der Waals surface area contributed by atoms with Gasteiger partial charge in [0.05, 0.1) is 18.8 Å². The Hall–Kier alpha value is -1.42. The smallest absolute Gasteiger partial charge is 0.433 e. The zero-order valence-corrected chi connectivity index (χ0v) is 27.2. The molecule has 242 valence electrons. The highest BCUT2D eigenvalue weighted by Crippen LogP contribution is 2.70. The van der Waals surface area contributed by atoms with Crippen LogP contribution in [0.3, 0.4) is 0 Å². The molecule has 0 radical (unpaired) electrons. The Morgan fingerprint density at radius 1 is 0.952 bits per heavy atom. The van der Waals surface area contributed by atoms with Gasteiger partial charge >= 0.3 is 6.16 Å². The van der Waals surface area contributed by atoms with E-state index in [1.807, 2.05) is 0 Å². The van der Waals surface area contributed by atoms with E-state index in [2.05, 4.69) is 33.2 Å². The lowest BCUT2D eigenvalue weighted by molar-refractivity contribution is -0.239. The molecule has 42 heavy (non-hydrogen) atoms. The quantitative estimate of drug-likeness (QED) is 0.0822. The number of amidine groups is 1. The van der Waals surface area contributed by atoms with Crippen molar-refractivity contribution in [1.82, 2.24) is 5.48 Å². The van der Waals surface area contributed by atoms with Crippen LogP contribution in [0.2, 0.25) is 0 Å². The van der Waals surface area contributed by atoms with Crippen LogP contribution in [-0.4, -0.2) is 58.6 Å². The molecular formula is C33H58N2O7. The van der Waals surface area contributed by atoms with Gasteiger partial charge in [-0.3, -0.25) is 5.41 Å². The molecule has 2 N–H and O–H groups in total. The van der Waals surface area contributed by atoms with Crippen molar-refractivity contribution in [1.29, 1.82) is 5.41 Å². The predicted molar refractivity (Wildman–Crippen MR) is 161 cm³/mol. The number of hydrogen-bond acceptors (Lipinski definition) is 8. The average Bonchev–Trinajstić information content (AvgIpc) is 3.33. The number of hydroxylamine groups is 1. The van der Waals surface area contributed by atoms with E-state index in [0.717, 1.165) is 25.7 Å². The number of ether oxygens (including phenoxy) is 5. The monoisotopic (exact) mass is 594 g/mol. The van der Waals surface area contributed by atoms with E-state index < -0.39 is 6.16 Å². The maximum atomic E-state index is 11.5. The maximum absolute atomic E-state index is 11.5. The Bertz CT molecular complexity index is 904. The molecule has 4 saturated carbocycles. The summed E-state index contributed by atoms with van der Waals surface area (Å²) in [5, 5.41) is 8.24. The van der Waals surface area contributed by atoms with Crippen LogP contribution in [0.4, 0.5) is 4.79 Å². The number of hydrogen-bond donors (Lipinski definition) is 2. The lowest BCUT2D eigenvalue weighted by atomic mass is 9.41. The standard InChI is InChI=1S/C33H58N2O7/c1-8-23-27-18-22(40-19-37-6)14-16-33(27,5)26-15-17-32(4)24(11-12-25(32)29(26)30(23)41-20-38-7)21(3)10-13-28(34)35-42-31(36)39-9-2/h21-27,29-30H,8-20H2,1-7H3,(H2,34,35)/t21-,22-,23-,24-,25?,26?,27+,29?,30-,32-,33-/m1/s1. The van der Waals surface area contributed by atoms with E-state index in [0.29, 0.717) is 66.8 Å². The molecule has 9 heteroatoms. The van der Waals surface area contributed by atoms with Gasteiger partial charge in [-0.1, -0.05) is 34.1 Å². The van der Waals surface area contributed by atoms with Crippen molar-refractivity contribution >= 4 is 12.0 Å². The number of carbonyl (C=O) groups excluding carboxylic acids is 1. The van der Waals surface area contributed by atoms with E-state index in [4.69, 9.17) is 33.9 Å². The van der Waals surface area contributed by atoms with Crippen LogP contribution in [-0.2, 0) is 28.5 Å². The lowest BCUT2D eigenvalue weighted by Crippen LogP contribution is -2.63. The third kappa shape index (κ3) is 6.64. The molecular weight excluding hydrogens is 536 g/mol. The van der Waals surface area contributed by atoms with Gasteiger partial charge in [0.2, 0.25) is 0 Å². The molecule has 11 atom stereocenters. The fourth-order valence-corrected chi connectivity index (χ4v) is 10.5. The van der Waals surface area contributed by atoms with Crippen molar-refractivity contribution in [3.63, 3.8) is 0 Å². The highest BCUT2D eigenvalue weighted by atomic mass is 16.8. The Balaban J connectivity index is 1.50. The molecule has 0 aromatic rings. The summed E-state index contributed by atoms with van der Waals surface area (Å²) >= 11 is 0. The number of nitrogens with one attached hydrogen (secondary N) is 2. The summed E-state index contributed by atoms with van der Waals surface area (Å²) < 4.78 is 28.4. The van der Waals surface area contributed by atoms with Crippen LogP contribution < -0.4 is 5.48 Å². The van der Waals surface area contributed by atoms with Crippen molar-refractivity contribution in [2.45, 2.75) is 111 Å². The normalized spacial score (nSPS) is 39.9. The molecule has 9 nitrogen and oxygen atoms in total. The molecule has 4 aliphatic rings. The number of rotatable bonds is 12. The van der Waals surface area contributed by atoms with Crippen molar-refractivity contribution in [2.75, 3.05) is 34.4 Å². The first kappa shape index (κ1) is 33.5. The largest absolute Gasteiger partial charge is 0.533 e. The van der Waals surface area contributed by atoms with Gasteiger partial charge in [-0.05, 0) is 111 Å². The Kier molecular flexibility index (Phi) is 11.6. The minimum atomic E-state index is -0.798. The topological polar surface area (TPSA) is 108 Å². The Morgan fingerprint density at radius 3 is 2.33 bits per heavy atom. The molecule has 4 aliphatic carbocycles. The highest BCUT2D eigenvalue weighted by Gasteiger charge is 2.65. The second-order valence-electron chi connectivity index (χ2n) is 14.1. The molecule has 4 rings (SSSR count). The molecule has 3 unspecified atom stereocenters. The van der Waals surface area contributed by atoms with Gasteiger partial charge in [0.25, 0.3) is 0 Å². The molecule has 0 spiro atoms. The van der Waals surface area contributed by atoms with Crippen LogP contribution in [0.1, 0.15) is 98.8 Å². The number of fused-ring (bicyclic) bond motifs is 5. The van der Waals surface area contributed by atoms with Crippen molar-refractivity contribution in [3.8, 4) is 0 Å². The van der Waals surface area contributed by atoms with Gasteiger partial charge in [0, 0.05) is 20.6 Å². The summed E-state index contributed by atoms with van der Waals surface area (Å²) in [6.45, 7) is 12.6. The summed E-state index contributed by atoms with van der Waals surface area (Å²) in [4.78, 5) is 16.3. The van der Waals surface area contributed by atoms with Gasteiger partial charge in [-0.25, -0.2) is 10.3 Å². The van der Waals surface area contributed by atoms with Crippen molar-refractivity contribution in [3.05, 3.63) is 0 Å². The van der Waals surface area contributed by atoms with E-state index in [-0.39, 0.29) is 30.1 Å². The minimum absolute atomic E-state index is 0.204. The van der Waals surface area contributed by atoms with Crippen LogP contribution in [0, 0.1) is 57.7 Å². The molecule has 0 saturated heterocycles. The molecule has 0 amide bonds. The highest BCUT2D eigenvalue weighted by molar-refractivity contribution is 5.79. The molecule has 0 heterocycles. The van der Waals surface area contributed by atoms with E-state index >= 15 is 0 Å². The predicted octanol–water partition coefficient (Wildman–Crippen LogP) is 6.94. The average molecular weight is 595 g/mol. The molecule has 0 aromatic heterocycles. The first-order valence-corrected chi connectivity index (χ1v) is 16.5. The lowest BCUT2D eigenvalue weighted by Gasteiger charge is -2.65. The summed E-state index contributed by atoms with van der Waals surface area (Å²) in [6, 6.07) is 0. The summed E-state index contributed by atoms with van der Waals surface area (Å²) in [7, 11) is 3.45. The van der Waals surface area contributed by atoms with E-state index in [1.165, 1.54) is 32.1 Å². The van der Waals surface area contributed by atoms with E-state index in [1.54, 1.807) is 21.1 Å². The molecule has 4 fully saturated rings. The first-order valence-electron chi connectivity index (χ1n) is 16.5. The summed E-state index contributed by atoms with van der Waals surface area (Å²) in [6.07, 6.45) is 10.6. The SMILES string of the molecule is CCOC(=O)ONC(=N)CC[C@@H](C)[C@H]1CCC2C3C(CC[C@@]21C)[C@@]1(C)CC[C@@H](OCOC)C[C@H]1[C@@H](CC)[C@H]3OCOC. The van der Waals surface area contributed by atoms with Crippen LogP contribution in [0.15, 0.2) is 0 Å². The van der Waals surface area contributed by atoms with Gasteiger partial charge in [0.1, 0.15) is 19.4 Å². The number of methoxy groups -OCH3 is 2. The third-order valence-electron chi connectivity index (χ3n) is 12.3. The van der Waals surface area contributed by atoms with Gasteiger partial charge < -0.3 is 28.5 Å². The summed E-state index contributed by atoms with van der Waals surface area (Å²) in [5.41, 5.74) is 3.02. The van der Waals surface area contributed by atoms with Crippen LogP contribution >= 0.6 is 0 Å². The Labute approximate surface area is 253 Å². The molecule has 0 aromatic carbocycles.